The first-order valence-electron chi connectivity index (χ1n) is 36.0. The second kappa shape index (κ2) is 74.8. The van der Waals surface area contributed by atoms with E-state index in [0.29, 0.717) is 12.8 Å². The maximum atomic E-state index is 12.4. The van der Waals surface area contributed by atoms with Gasteiger partial charge in [-0.2, -0.15) is 0 Å². The summed E-state index contributed by atoms with van der Waals surface area (Å²) in [4.78, 5) is 24.7. The Hall–Kier alpha value is -4.48. The molecule has 5 nitrogen and oxygen atoms in total. The third-order valence-corrected chi connectivity index (χ3v) is 15.3. The predicted octanol–water partition coefficient (Wildman–Crippen LogP) is 25.4. The molecule has 0 bridgehead atoms. The number of hydrogen-bond acceptors (Lipinski definition) is 5. The first-order chi connectivity index (χ1) is 42.6. The number of aliphatic hydroxyl groups excluding tert-OH is 1. The maximum Gasteiger partial charge on any atom is 0.306 e. The molecule has 1 N–H and O–H groups in total. The van der Waals surface area contributed by atoms with E-state index in [2.05, 4.69) is 172 Å². The van der Waals surface area contributed by atoms with E-state index in [-0.39, 0.29) is 25.2 Å². The van der Waals surface area contributed by atoms with Crippen LogP contribution in [0.5, 0.6) is 0 Å². The summed E-state index contributed by atoms with van der Waals surface area (Å²) in [5, 5.41) is 9.71. The summed E-state index contributed by atoms with van der Waals surface area (Å²) in [6.45, 7) is 3.92. The highest BCUT2D eigenvalue weighted by atomic mass is 16.6. The minimum absolute atomic E-state index is 0.0795. The maximum absolute atomic E-state index is 12.4. The van der Waals surface area contributed by atoms with Gasteiger partial charge in [0.05, 0.1) is 6.61 Å². The van der Waals surface area contributed by atoms with Gasteiger partial charge in [-0.1, -0.05) is 345 Å². The molecule has 0 aromatic rings. The van der Waals surface area contributed by atoms with Crippen LogP contribution in [0, 0.1) is 0 Å². The van der Waals surface area contributed by atoms with Gasteiger partial charge >= 0.3 is 11.9 Å². The van der Waals surface area contributed by atoms with E-state index in [0.717, 1.165) is 141 Å². The fourth-order valence-electron chi connectivity index (χ4n) is 10.0. The average Bonchev–Trinajstić information content (AvgIpc) is 3.55. The summed E-state index contributed by atoms with van der Waals surface area (Å²) in [5.74, 6) is -0.610. The number of unbranched alkanes of at least 4 members (excludes halogenated alkanes) is 31. The molecule has 0 saturated heterocycles. The molecule has 488 valence electrons. The van der Waals surface area contributed by atoms with Gasteiger partial charge in [0.15, 0.2) is 6.10 Å². The average molecular weight is 1190 g/mol. The topological polar surface area (TPSA) is 72.8 Å². The van der Waals surface area contributed by atoms with Crippen molar-refractivity contribution in [3.63, 3.8) is 0 Å². The number of rotatable bonds is 65. The van der Waals surface area contributed by atoms with E-state index in [1.807, 2.05) is 0 Å². The van der Waals surface area contributed by atoms with E-state index < -0.39 is 6.10 Å². The molecule has 0 aromatic heterocycles. The highest BCUT2D eigenvalue weighted by molar-refractivity contribution is 5.70. The monoisotopic (exact) mass is 1190 g/mol. The Bertz CT molecular complexity index is 1830. The molecule has 0 spiro atoms. The lowest BCUT2D eigenvalue weighted by Crippen LogP contribution is -2.28. The van der Waals surface area contributed by atoms with Crippen LogP contribution in [0.1, 0.15) is 322 Å². The van der Waals surface area contributed by atoms with Crippen molar-refractivity contribution in [3.05, 3.63) is 158 Å². The molecule has 1 atom stereocenters. The molecule has 0 aliphatic heterocycles. The Morgan fingerprint density at radius 2 is 0.465 bits per heavy atom. The van der Waals surface area contributed by atoms with Gasteiger partial charge in [-0.15, -0.1) is 0 Å². The summed E-state index contributed by atoms with van der Waals surface area (Å²) in [6.07, 6.45) is 114. The Morgan fingerprint density at radius 3 is 0.698 bits per heavy atom. The van der Waals surface area contributed by atoms with Crippen LogP contribution in [0.4, 0.5) is 0 Å². The fraction of sp³-hybridized carbons (Fsp3) is 0.654. The highest BCUT2D eigenvalue weighted by Crippen LogP contribution is 2.17. The largest absolute Gasteiger partial charge is 0.462 e. The molecule has 0 fully saturated rings. The standard InChI is InChI=1S/C81H134O5/c1-3-5-7-9-11-13-15-17-19-21-23-25-27-29-31-33-35-37-38-39-40-41-42-44-45-47-49-51-53-55-57-59-61-63-65-67-69-71-73-75-80(83)85-78-79(77-82)86-81(84)76-74-72-70-68-66-64-62-60-58-56-54-52-50-48-46-43-36-34-32-30-28-26-24-22-20-18-16-14-12-10-8-6-4-2/h5-8,11-14,17-20,23-26,30,32,36,43,48,50,54,56,60,62,79,82H,3-4,9-10,15-16,21-22,27-29,31,33-35,37-42,44-47,49,51-53,55,57-59,61,63-78H2,1-2H3/b7-5-,8-6-,13-11-,14-12-,19-17-,20-18-,25-23-,26-24-,32-30-,43-36-,50-48-,56-54-,62-60-. The Morgan fingerprint density at radius 1 is 0.267 bits per heavy atom. The third-order valence-electron chi connectivity index (χ3n) is 15.3. The Labute approximate surface area is 532 Å². The van der Waals surface area contributed by atoms with Crippen LogP contribution in [0.15, 0.2) is 158 Å². The molecule has 0 saturated carbocycles. The third kappa shape index (κ3) is 72.0. The molecule has 1 unspecified atom stereocenters. The van der Waals surface area contributed by atoms with Crippen molar-refractivity contribution in [2.75, 3.05) is 13.2 Å². The smallest absolute Gasteiger partial charge is 0.306 e. The number of carbonyl (C=O) groups is 2. The van der Waals surface area contributed by atoms with E-state index in [4.69, 9.17) is 9.47 Å². The second-order valence-electron chi connectivity index (χ2n) is 23.6. The van der Waals surface area contributed by atoms with Crippen molar-refractivity contribution in [1.82, 2.24) is 0 Å². The van der Waals surface area contributed by atoms with Gasteiger partial charge in [0.2, 0.25) is 0 Å². The van der Waals surface area contributed by atoms with Crippen molar-refractivity contribution in [2.24, 2.45) is 0 Å². The lowest BCUT2D eigenvalue weighted by molar-refractivity contribution is -0.161. The number of carbonyl (C=O) groups excluding carboxylic acids is 2. The molecular weight excluding hydrogens is 1050 g/mol. The van der Waals surface area contributed by atoms with Gasteiger partial charge < -0.3 is 14.6 Å². The van der Waals surface area contributed by atoms with Gasteiger partial charge in [0.1, 0.15) is 6.61 Å². The van der Waals surface area contributed by atoms with Crippen LogP contribution in [-0.2, 0) is 19.1 Å². The Balaban J connectivity index is 3.51. The lowest BCUT2D eigenvalue weighted by Gasteiger charge is -2.15. The molecule has 0 amide bonds. The van der Waals surface area contributed by atoms with Crippen molar-refractivity contribution in [1.29, 1.82) is 0 Å². The SMILES string of the molecule is CC/C=C\C/C=C\C/C=C\C/C=C\C/C=C\C/C=C\C/C=C\C/C=C\C/C=C\CCCCCCCC(=O)OC(CO)COC(=O)CCCCCCCCCCCCCCCCCCCCCCCCCCCC/C=C\C/C=C\C/C=C\C/C=C\CC. The molecule has 0 aliphatic rings. The zero-order valence-electron chi connectivity index (χ0n) is 56.0. The summed E-state index contributed by atoms with van der Waals surface area (Å²) in [6, 6.07) is 0. The quantitative estimate of drug-likeness (QED) is 0.0373. The van der Waals surface area contributed by atoms with Crippen LogP contribution < -0.4 is 0 Å². The molecule has 5 heteroatoms. The predicted molar refractivity (Wildman–Crippen MR) is 380 cm³/mol. The zero-order chi connectivity index (χ0) is 61.9. The summed E-state index contributed by atoms with van der Waals surface area (Å²) >= 11 is 0. The van der Waals surface area contributed by atoms with Gasteiger partial charge in [0, 0.05) is 12.8 Å². The van der Waals surface area contributed by atoms with Crippen LogP contribution >= 0.6 is 0 Å². The molecule has 86 heavy (non-hydrogen) atoms. The van der Waals surface area contributed by atoms with Gasteiger partial charge in [-0.05, 0) is 122 Å². The van der Waals surface area contributed by atoms with Crippen molar-refractivity contribution in [3.8, 4) is 0 Å². The normalized spacial score (nSPS) is 13.2. The molecule has 0 aliphatic carbocycles. The van der Waals surface area contributed by atoms with Crippen molar-refractivity contribution < 1.29 is 24.2 Å². The van der Waals surface area contributed by atoms with Crippen molar-refractivity contribution in [2.45, 2.75) is 328 Å². The zero-order valence-corrected chi connectivity index (χ0v) is 56.0. The molecule has 0 heterocycles. The molecule has 0 aromatic carbocycles. The van der Waals surface area contributed by atoms with Gasteiger partial charge in [-0.3, -0.25) is 9.59 Å². The van der Waals surface area contributed by atoms with Crippen LogP contribution in [0.2, 0.25) is 0 Å². The summed E-state index contributed by atoms with van der Waals surface area (Å²) in [5.41, 5.74) is 0. The summed E-state index contributed by atoms with van der Waals surface area (Å²) < 4.78 is 10.7. The number of ether oxygens (including phenoxy) is 2. The fourth-order valence-corrected chi connectivity index (χ4v) is 10.0. The molecule has 0 radical (unpaired) electrons. The minimum atomic E-state index is -0.793. The molecule has 0 rings (SSSR count). The number of aliphatic hydroxyl groups is 1. The van der Waals surface area contributed by atoms with Crippen LogP contribution in [0.3, 0.4) is 0 Å². The van der Waals surface area contributed by atoms with E-state index in [1.165, 1.54) is 154 Å². The minimum Gasteiger partial charge on any atom is -0.462 e. The lowest BCUT2D eigenvalue weighted by atomic mass is 10.0. The van der Waals surface area contributed by atoms with Gasteiger partial charge in [-0.25, -0.2) is 0 Å². The van der Waals surface area contributed by atoms with E-state index in [9.17, 15) is 14.7 Å². The molecular formula is C81H134O5. The number of esters is 2. The van der Waals surface area contributed by atoms with Crippen LogP contribution in [0.25, 0.3) is 0 Å². The van der Waals surface area contributed by atoms with Crippen LogP contribution in [-0.4, -0.2) is 36.4 Å². The summed E-state index contributed by atoms with van der Waals surface area (Å²) in [7, 11) is 0. The van der Waals surface area contributed by atoms with E-state index in [1.54, 1.807) is 0 Å². The number of hydrogen-bond donors (Lipinski definition) is 1. The highest BCUT2D eigenvalue weighted by Gasteiger charge is 2.16. The second-order valence-corrected chi connectivity index (χ2v) is 23.6. The Kier molecular flexibility index (Phi) is 70.9. The van der Waals surface area contributed by atoms with E-state index >= 15 is 0 Å². The van der Waals surface area contributed by atoms with Crippen molar-refractivity contribution >= 4 is 11.9 Å². The first-order valence-corrected chi connectivity index (χ1v) is 36.0. The number of allylic oxidation sites excluding steroid dienone is 26. The van der Waals surface area contributed by atoms with Gasteiger partial charge in [0.25, 0.3) is 0 Å². The first kappa shape index (κ1) is 81.5.